The second-order valence-electron chi connectivity index (χ2n) is 3.09. The molecular weight excluding hydrogens is 234 g/mol. The fraction of sp³-hybridized carbons (Fsp3) is 0.400. The summed E-state index contributed by atoms with van der Waals surface area (Å²) in [4.78, 5) is 15.1. The molecule has 0 saturated heterocycles. The lowest BCUT2D eigenvalue weighted by Crippen LogP contribution is -2.13. The number of alkyl halides is 2. The average Bonchev–Trinajstić information content (AvgIpc) is 2.35. The highest BCUT2D eigenvalue weighted by Crippen LogP contribution is 2.29. The van der Waals surface area contributed by atoms with Crippen molar-refractivity contribution in [3.05, 3.63) is 22.9 Å². The van der Waals surface area contributed by atoms with Gasteiger partial charge in [-0.15, -0.1) is 0 Å². The molecule has 0 aromatic carbocycles. The molecule has 0 amide bonds. The molecule has 94 valence electrons. The number of nitrogens with zero attached hydrogens (tertiary/aromatic N) is 1. The zero-order valence-electron chi connectivity index (χ0n) is 9.37. The zero-order chi connectivity index (χ0) is 13.0. The molecule has 7 heteroatoms. The van der Waals surface area contributed by atoms with Crippen LogP contribution in [0.3, 0.4) is 0 Å². The molecule has 0 spiro atoms. The third kappa shape index (κ3) is 2.68. The van der Waals surface area contributed by atoms with Crippen LogP contribution in [0, 0.1) is 0 Å². The Kier molecular flexibility index (Phi) is 4.33. The second-order valence-corrected chi connectivity index (χ2v) is 3.09. The fourth-order valence-electron chi connectivity index (χ4n) is 1.30. The number of halogens is 2. The van der Waals surface area contributed by atoms with Gasteiger partial charge in [0, 0.05) is 6.54 Å². The van der Waals surface area contributed by atoms with Crippen LogP contribution in [-0.4, -0.2) is 25.2 Å². The van der Waals surface area contributed by atoms with Crippen molar-refractivity contribution in [2.75, 3.05) is 14.2 Å². The number of ether oxygens (including phenoxy) is 2. The standard InChI is InChI=1S/C10H12F2N2O3/c1-16-9-6(8(11)12)3-5(4-13)7(14-9)10(15)17-2/h3,8H,4,13H2,1-2H3. The van der Waals surface area contributed by atoms with Crippen LogP contribution in [0.1, 0.15) is 28.0 Å². The van der Waals surface area contributed by atoms with E-state index in [2.05, 4.69) is 9.72 Å². The van der Waals surface area contributed by atoms with Gasteiger partial charge in [0.05, 0.1) is 19.8 Å². The molecule has 0 aliphatic carbocycles. The summed E-state index contributed by atoms with van der Waals surface area (Å²) >= 11 is 0. The Morgan fingerprint density at radius 2 is 2.18 bits per heavy atom. The minimum Gasteiger partial charge on any atom is -0.481 e. The van der Waals surface area contributed by atoms with Crippen molar-refractivity contribution in [3.63, 3.8) is 0 Å². The second kappa shape index (κ2) is 5.53. The molecule has 0 unspecified atom stereocenters. The van der Waals surface area contributed by atoms with Crippen LogP contribution in [0.4, 0.5) is 8.78 Å². The number of carbonyl (C=O) groups is 1. The Morgan fingerprint density at radius 3 is 2.59 bits per heavy atom. The van der Waals surface area contributed by atoms with Crippen LogP contribution in [0.2, 0.25) is 0 Å². The van der Waals surface area contributed by atoms with E-state index in [9.17, 15) is 13.6 Å². The summed E-state index contributed by atoms with van der Waals surface area (Å²) in [6, 6.07) is 1.10. The number of carbonyl (C=O) groups excluding carboxylic acids is 1. The largest absolute Gasteiger partial charge is 0.481 e. The van der Waals surface area contributed by atoms with Gasteiger partial charge in [0.2, 0.25) is 5.88 Å². The highest BCUT2D eigenvalue weighted by atomic mass is 19.3. The Bertz CT molecular complexity index is 424. The maximum absolute atomic E-state index is 12.7. The SMILES string of the molecule is COC(=O)c1nc(OC)c(C(F)F)cc1CN. The average molecular weight is 246 g/mol. The number of hydrogen-bond acceptors (Lipinski definition) is 5. The maximum Gasteiger partial charge on any atom is 0.357 e. The zero-order valence-corrected chi connectivity index (χ0v) is 9.37. The number of rotatable bonds is 4. The van der Waals surface area contributed by atoms with Crippen LogP contribution in [0.25, 0.3) is 0 Å². The summed E-state index contributed by atoms with van der Waals surface area (Å²) < 4.78 is 34.5. The predicted molar refractivity (Wildman–Crippen MR) is 55.0 cm³/mol. The molecule has 1 aromatic heterocycles. The first-order valence-corrected chi connectivity index (χ1v) is 4.69. The van der Waals surface area contributed by atoms with Crippen molar-refractivity contribution in [2.45, 2.75) is 13.0 Å². The van der Waals surface area contributed by atoms with E-state index >= 15 is 0 Å². The third-order valence-corrected chi connectivity index (χ3v) is 2.12. The number of methoxy groups -OCH3 is 2. The molecule has 1 aromatic rings. The van der Waals surface area contributed by atoms with Crippen molar-refractivity contribution in [1.82, 2.24) is 4.98 Å². The summed E-state index contributed by atoms with van der Waals surface area (Å²) in [6.07, 6.45) is -2.76. The highest BCUT2D eigenvalue weighted by Gasteiger charge is 2.22. The van der Waals surface area contributed by atoms with Gasteiger partial charge in [0.15, 0.2) is 5.69 Å². The van der Waals surface area contributed by atoms with E-state index in [0.29, 0.717) is 0 Å². The molecule has 17 heavy (non-hydrogen) atoms. The van der Waals surface area contributed by atoms with E-state index in [1.807, 2.05) is 0 Å². The monoisotopic (exact) mass is 246 g/mol. The Hall–Kier alpha value is -1.76. The lowest BCUT2D eigenvalue weighted by Gasteiger charge is -2.11. The van der Waals surface area contributed by atoms with Crippen LogP contribution in [0.5, 0.6) is 5.88 Å². The van der Waals surface area contributed by atoms with E-state index in [0.717, 1.165) is 13.2 Å². The number of hydrogen-bond donors (Lipinski definition) is 1. The Balaban J connectivity index is 3.37. The van der Waals surface area contributed by atoms with Gasteiger partial charge >= 0.3 is 5.97 Å². The fourth-order valence-corrected chi connectivity index (χ4v) is 1.30. The molecule has 0 aliphatic rings. The molecule has 2 N–H and O–H groups in total. The smallest absolute Gasteiger partial charge is 0.357 e. The van der Waals surface area contributed by atoms with Crippen molar-refractivity contribution in [1.29, 1.82) is 0 Å². The number of pyridine rings is 1. The number of nitrogens with two attached hydrogens (primary N) is 1. The van der Waals surface area contributed by atoms with Crippen molar-refractivity contribution >= 4 is 5.97 Å². The first-order chi connectivity index (χ1) is 8.04. The van der Waals surface area contributed by atoms with Crippen molar-refractivity contribution in [2.24, 2.45) is 5.73 Å². The third-order valence-electron chi connectivity index (χ3n) is 2.12. The van der Waals surface area contributed by atoms with E-state index in [4.69, 9.17) is 10.5 Å². The van der Waals surface area contributed by atoms with Gasteiger partial charge in [0.25, 0.3) is 6.43 Å². The maximum atomic E-state index is 12.7. The van der Waals surface area contributed by atoms with Gasteiger partial charge in [-0.3, -0.25) is 0 Å². The van der Waals surface area contributed by atoms with Gasteiger partial charge in [0.1, 0.15) is 0 Å². The minimum atomic E-state index is -2.76. The molecule has 0 saturated carbocycles. The molecule has 0 atom stereocenters. The van der Waals surface area contributed by atoms with Crippen molar-refractivity contribution in [3.8, 4) is 5.88 Å². The summed E-state index contributed by atoms with van der Waals surface area (Å²) in [6.45, 7) is -0.0961. The van der Waals surface area contributed by atoms with Crippen LogP contribution in [0.15, 0.2) is 6.07 Å². The summed E-state index contributed by atoms with van der Waals surface area (Å²) in [7, 11) is 2.36. The molecule has 1 heterocycles. The van der Waals surface area contributed by atoms with E-state index < -0.39 is 18.0 Å². The Morgan fingerprint density at radius 1 is 1.53 bits per heavy atom. The quantitative estimate of drug-likeness (QED) is 0.810. The van der Waals surface area contributed by atoms with Crippen molar-refractivity contribution < 1.29 is 23.0 Å². The van der Waals surface area contributed by atoms with Crippen LogP contribution in [-0.2, 0) is 11.3 Å². The molecule has 0 fully saturated rings. The van der Waals surface area contributed by atoms with Crippen LogP contribution < -0.4 is 10.5 Å². The van der Waals surface area contributed by atoms with Gasteiger partial charge in [-0.25, -0.2) is 18.6 Å². The molecule has 0 radical (unpaired) electrons. The van der Waals surface area contributed by atoms with E-state index in [1.165, 1.54) is 7.11 Å². The molecular formula is C10H12F2N2O3. The molecule has 0 aliphatic heterocycles. The minimum absolute atomic E-state index is 0.0961. The number of aromatic nitrogens is 1. The topological polar surface area (TPSA) is 74.4 Å². The lowest BCUT2D eigenvalue weighted by atomic mass is 10.1. The number of esters is 1. The lowest BCUT2D eigenvalue weighted by molar-refractivity contribution is 0.0590. The Labute approximate surface area is 96.5 Å². The van der Waals surface area contributed by atoms with Gasteiger partial charge in [-0.1, -0.05) is 0 Å². The summed E-state index contributed by atoms with van der Waals surface area (Å²) in [5.74, 6) is -1.05. The molecule has 0 bridgehead atoms. The highest BCUT2D eigenvalue weighted by molar-refractivity contribution is 5.89. The first kappa shape index (κ1) is 13.3. The van der Waals surface area contributed by atoms with Gasteiger partial charge in [-0.2, -0.15) is 0 Å². The van der Waals surface area contributed by atoms with Gasteiger partial charge < -0.3 is 15.2 Å². The summed E-state index contributed by atoms with van der Waals surface area (Å²) in [5.41, 5.74) is 5.04. The first-order valence-electron chi connectivity index (χ1n) is 4.69. The van der Waals surface area contributed by atoms with E-state index in [-0.39, 0.29) is 23.7 Å². The summed E-state index contributed by atoms with van der Waals surface area (Å²) in [5, 5.41) is 0. The van der Waals surface area contributed by atoms with Gasteiger partial charge in [-0.05, 0) is 11.6 Å². The van der Waals surface area contributed by atoms with E-state index in [1.54, 1.807) is 0 Å². The molecule has 1 rings (SSSR count). The molecule has 5 nitrogen and oxygen atoms in total. The predicted octanol–water partition coefficient (Wildman–Crippen LogP) is 1.27. The van der Waals surface area contributed by atoms with Crippen LogP contribution >= 0.6 is 0 Å². The normalized spacial score (nSPS) is 10.5.